The van der Waals surface area contributed by atoms with E-state index in [1.54, 1.807) is 0 Å². The van der Waals surface area contributed by atoms with Crippen LogP contribution in [-0.2, 0) is 0 Å². The number of aromatic nitrogens is 5. The predicted octanol–water partition coefficient (Wildman–Crippen LogP) is 16.4. The minimum atomic E-state index is 0.580. The van der Waals surface area contributed by atoms with Gasteiger partial charge in [0.2, 0.25) is 0 Å². The highest BCUT2D eigenvalue weighted by atomic mass is 16.3. The number of fused-ring (bicyclic) bond motifs is 14. The van der Waals surface area contributed by atoms with Gasteiger partial charge in [-0.15, -0.1) is 0 Å². The molecule has 0 aliphatic carbocycles. The fraction of sp³-hybridized carbons (Fsp3) is 0. The van der Waals surface area contributed by atoms with Gasteiger partial charge in [-0.1, -0.05) is 158 Å². The molecule has 6 heteroatoms. The Kier molecular flexibility index (Phi) is 7.97. The van der Waals surface area contributed by atoms with Crippen LogP contribution >= 0.6 is 0 Å². The number of nitrogens with zero attached hydrogens (tertiary/aromatic N) is 5. The standard InChI is InChI=1S/C63H37N5O/c1-3-17-39(18-4-1)61-64-62(66-63(65-61)49-28-15-27-47-45-24-13-14-29-53(45)67(59(47)49)43-21-5-2-6-22-43)42-31-33-57-50(35-42)51-37-56(46-25-11-12-26-48(46)60(51)69-57)68-54-32-30-38-16-9-10-23-44(38)58(54)52-34-40-19-7-8-20-41(40)36-55(52)68/h1-37H. The second-order valence-electron chi connectivity index (χ2n) is 17.9. The summed E-state index contributed by atoms with van der Waals surface area (Å²) < 4.78 is 11.7. The summed E-state index contributed by atoms with van der Waals surface area (Å²) in [7, 11) is 0. The maximum atomic E-state index is 6.87. The fourth-order valence-electron chi connectivity index (χ4n) is 11.0. The minimum absolute atomic E-state index is 0.580. The third-order valence-electron chi connectivity index (χ3n) is 14.1. The number of hydrogen-bond donors (Lipinski definition) is 0. The molecule has 0 radical (unpaired) electrons. The van der Waals surface area contributed by atoms with Crippen LogP contribution in [-0.4, -0.2) is 24.1 Å². The van der Waals surface area contributed by atoms with Gasteiger partial charge in [0.05, 0.1) is 27.8 Å². The van der Waals surface area contributed by atoms with E-state index in [4.69, 9.17) is 19.4 Å². The van der Waals surface area contributed by atoms with Crippen molar-refractivity contribution in [2.24, 2.45) is 0 Å². The first-order valence-electron chi connectivity index (χ1n) is 23.3. The highest BCUT2D eigenvalue weighted by Crippen LogP contribution is 2.44. The Morgan fingerprint density at radius 3 is 1.81 bits per heavy atom. The van der Waals surface area contributed by atoms with Gasteiger partial charge in [0, 0.05) is 65.5 Å². The number of benzene rings is 11. The van der Waals surface area contributed by atoms with Crippen LogP contribution in [0.2, 0.25) is 0 Å². The second-order valence-corrected chi connectivity index (χ2v) is 17.9. The van der Waals surface area contributed by atoms with Gasteiger partial charge in [-0.3, -0.25) is 0 Å². The van der Waals surface area contributed by atoms with Crippen molar-refractivity contribution in [1.82, 2.24) is 24.1 Å². The Labute approximate surface area is 394 Å². The van der Waals surface area contributed by atoms with Crippen LogP contribution in [0, 0.1) is 0 Å². The summed E-state index contributed by atoms with van der Waals surface area (Å²) in [6.07, 6.45) is 0. The lowest BCUT2D eigenvalue weighted by molar-refractivity contribution is 0.672. The molecule has 0 unspecified atom stereocenters. The van der Waals surface area contributed by atoms with E-state index < -0.39 is 0 Å². The molecule has 4 heterocycles. The maximum Gasteiger partial charge on any atom is 0.166 e. The predicted molar refractivity (Wildman–Crippen MR) is 285 cm³/mol. The molecule has 0 atom stereocenters. The molecule has 0 aliphatic rings. The van der Waals surface area contributed by atoms with Crippen LogP contribution in [0.1, 0.15) is 0 Å². The average Bonchev–Trinajstić information content (AvgIpc) is 4.08. The van der Waals surface area contributed by atoms with E-state index >= 15 is 0 Å². The Bertz CT molecular complexity index is 4600. The van der Waals surface area contributed by atoms with Crippen LogP contribution in [0.4, 0.5) is 0 Å². The first-order chi connectivity index (χ1) is 34.2. The third-order valence-corrected chi connectivity index (χ3v) is 14.1. The third kappa shape index (κ3) is 5.63. The van der Waals surface area contributed by atoms with Crippen LogP contribution in [0.5, 0.6) is 0 Å². The molecule has 320 valence electrons. The molecule has 0 fully saturated rings. The molecule has 0 N–H and O–H groups in total. The van der Waals surface area contributed by atoms with E-state index in [2.05, 4.69) is 215 Å². The molecule has 0 spiro atoms. The normalized spacial score (nSPS) is 12.1. The molecule has 69 heavy (non-hydrogen) atoms. The molecule has 6 nitrogen and oxygen atoms in total. The molecule has 0 bridgehead atoms. The molecular weight excluding hydrogens is 843 g/mol. The van der Waals surface area contributed by atoms with Gasteiger partial charge in [-0.05, 0) is 88.3 Å². The van der Waals surface area contributed by atoms with Crippen molar-refractivity contribution < 1.29 is 4.42 Å². The van der Waals surface area contributed by atoms with Gasteiger partial charge in [-0.2, -0.15) is 0 Å². The van der Waals surface area contributed by atoms with E-state index in [1.165, 1.54) is 37.7 Å². The average molecular weight is 880 g/mol. The Morgan fingerprint density at radius 1 is 0.333 bits per heavy atom. The smallest absolute Gasteiger partial charge is 0.166 e. The van der Waals surface area contributed by atoms with Gasteiger partial charge >= 0.3 is 0 Å². The number of para-hydroxylation sites is 3. The summed E-state index contributed by atoms with van der Waals surface area (Å²) in [6.45, 7) is 0. The lowest BCUT2D eigenvalue weighted by atomic mass is 10.0. The van der Waals surface area contributed by atoms with E-state index in [1.807, 2.05) is 18.2 Å². The molecule has 15 rings (SSSR count). The molecule has 4 aromatic heterocycles. The van der Waals surface area contributed by atoms with Gasteiger partial charge in [-0.25, -0.2) is 15.0 Å². The van der Waals surface area contributed by atoms with E-state index in [0.717, 1.165) is 88.2 Å². The highest BCUT2D eigenvalue weighted by Gasteiger charge is 2.23. The molecule has 0 aliphatic heterocycles. The maximum absolute atomic E-state index is 6.87. The van der Waals surface area contributed by atoms with E-state index in [9.17, 15) is 0 Å². The Morgan fingerprint density at radius 2 is 0.986 bits per heavy atom. The van der Waals surface area contributed by atoms with Gasteiger partial charge in [0.1, 0.15) is 11.2 Å². The van der Waals surface area contributed by atoms with Crippen molar-refractivity contribution in [2.75, 3.05) is 0 Å². The highest BCUT2D eigenvalue weighted by molar-refractivity contribution is 6.25. The summed E-state index contributed by atoms with van der Waals surface area (Å²) in [5, 5.41) is 13.8. The zero-order chi connectivity index (χ0) is 45.2. The lowest BCUT2D eigenvalue weighted by Gasteiger charge is -2.13. The largest absolute Gasteiger partial charge is 0.455 e. The number of furan rings is 1. The SMILES string of the molecule is c1ccc(-c2nc(-c3ccc4oc5c6ccccc6c(-n6c7cc8ccccc8cc7c7c8ccccc8ccc76)cc5c4c3)nc(-c3cccc4c5ccccc5n(-c5ccccc5)c34)n2)cc1. The topological polar surface area (TPSA) is 61.7 Å². The van der Waals surface area contributed by atoms with Crippen LogP contribution < -0.4 is 0 Å². The van der Waals surface area contributed by atoms with Crippen LogP contribution in [0.15, 0.2) is 229 Å². The van der Waals surface area contributed by atoms with E-state index in [0.29, 0.717) is 17.5 Å². The van der Waals surface area contributed by atoms with Crippen molar-refractivity contribution >= 4 is 97.9 Å². The molecule has 11 aromatic carbocycles. The number of hydrogen-bond acceptors (Lipinski definition) is 4. The second kappa shape index (κ2) is 14.6. The Hall–Kier alpha value is -9.39. The first-order valence-corrected chi connectivity index (χ1v) is 23.3. The zero-order valence-corrected chi connectivity index (χ0v) is 37.0. The molecule has 0 saturated carbocycles. The summed E-state index contributed by atoms with van der Waals surface area (Å²) in [4.78, 5) is 15.9. The van der Waals surface area contributed by atoms with E-state index in [-0.39, 0.29) is 0 Å². The molecule has 0 saturated heterocycles. The van der Waals surface area contributed by atoms with Gasteiger partial charge in [0.15, 0.2) is 17.5 Å². The molecule has 0 amide bonds. The van der Waals surface area contributed by atoms with Crippen molar-refractivity contribution in [1.29, 1.82) is 0 Å². The summed E-state index contributed by atoms with van der Waals surface area (Å²) >= 11 is 0. The fourth-order valence-corrected chi connectivity index (χ4v) is 11.0. The Balaban J connectivity index is 0.990. The van der Waals surface area contributed by atoms with Crippen LogP contribution in [0.25, 0.3) is 143 Å². The quantitative estimate of drug-likeness (QED) is 0.173. The molecule has 15 aromatic rings. The number of rotatable bonds is 5. The first kappa shape index (κ1) is 37.8. The monoisotopic (exact) mass is 879 g/mol. The van der Waals surface area contributed by atoms with Crippen LogP contribution in [0.3, 0.4) is 0 Å². The van der Waals surface area contributed by atoms with Gasteiger partial charge < -0.3 is 13.6 Å². The van der Waals surface area contributed by atoms with Crippen molar-refractivity contribution in [3.05, 3.63) is 224 Å². The lowest BCUT2D eigenvalue weighted by Crippen LogP contribution is -2.02. The van der Waals surface area contributed by atoms with Gasteiger partial charge in [0.25, 0.3) is 0 Å². The van der Waals surface area contributed by atoms with Crippen molar-refractivity contribution in [2.45, 2.75) is 0 Å². The van der Waals surface area contributed by atoms with Crippen molar-refractivity contribution in [3.63, 3.8) is 0 Å². The zero-order valence-electron chi connectivity index (χ0n) is 37.0. The van der Waals surface area contributed by atoms with Crippen molar-refractivity contribution in [3.8, 4) is 45.5 Å². The summed E-state index contributed by atoms with van der Waals surface area (Å²) in [5.74, 6) is 1.78. The summed E-state index contributed by atoms with van der Waals surface area (Å²) in [5.41, 5.74) is 11.0. The minimum Gasteiger partial charge on any atom is -0.455 e. The summed E-state index contributed by atoms with van der Waals surface area (Å²) in [6, 6.07) is 79.7. The molecular formula is C63H37N5O.